The average Bonchev–Trinajstić information content (AvgIpc) is 2.85. The summed E-state index contributed by atoms with van der Waals surface area (Å²) in [5, 5.41) is 0. The molecule has 0 bridgehead atoms. The highest BCUT2D eigenvalue weighted by Gasteiger charge is 2.13. The van der Waals surface area contributed by atoms with E-state index in [-0.39, 0.29) is 11.7 Å². The van der Waals surface area contributed by atoms with Crippen molar-refractivity contribution >= 4 is 11.0 Å². The molecule has 1 unspecified atom stereocenters. The third-order valence-electron chi connectivity index (χ3n) is 3.67. The van der Waals surface area contributed by atoms with Crippen molar-refractivity contribution in [2.45, 2.75) is 19.4 Å². The summed E-state index contributed by atoms with van der Waals surface area (Å²) >= 11 is 0. The van der Waals surface area contributed by atoms with Gasteiger partial charge in [-0.3, -0.25) is 0 Å². The van der Waals surface area contributed by atoms with E-state index in [2.05, 4.69) is 29.0 Å². The first-order valence-electron chi connectivity index (χ1n) is 6.74. The van der Waals surface area contributed by atoms with Gasteiger partial charge in [0, 0.05) is 0 Å². The quantitative estimate of drug-likeness (QED) is 0.682. The van der Waals surface area contributed by atoms with E-state index in [9.17, 15) is 4.79 Å². The fourth-order valence-corrected chi connectivity index (χ4v) is 2.58. The Labute approximate surface area is 116 Å². The van der Waals surface area contributed by atoms with Gasteiger partial charge in [0.05, 0.1) is 17.1 Å². The molecule has 0 saturated heterocycles. The minimum atomic E-state index is -0.195. The largest absolute Gasteiger partial charge is 0.323 e. The van der Waals surface area contributed by atoms with E-state index in [0.717, 1.165) is 28.6 Å². The molecule has 20 heavy (non-hydrogen) atoms. The first-order valence-corrected chi connectivity index (χ1v) is 6.74. The molecule has 1 heterocycles. The molecule has 0 aliphatic heterocycles. The molecule has 1 atom stereocenters. The summed E-state index contributed by atoms with van der Waals surface area (Å²) in [6.45, 7) is 2.12. The van der Waals surface area contributed by atoms with Gasteiger partial charge in [0.2, 0.25) is 0 Å². The molecule has 4 N–H and O–H groups in total. The standard InChI is InChI=1S/C16H17N3O/c1-2-10-5-3-4-6-12(10)15(17)11-7-8-13-14(9-11)19-16(20)18-13/h3-9,15H,2,17H2,1H3,(H2,18,19,20). The predicted molar refractivity (Wildman–Crippen MR) is 80.8 cm³/mol. The molecular formula is C16H17N3O. The number of fused-ring (bicyclic) bond motifs is 1. The lowest BCUT2D eigenvalue weighted by molar-refractivity contribution is 0.851. The molecule has 2 aromatic carbocycles. The van der Waals surface area contributed by atoms with E-state index in [0.29, 0.717) is 0 Å². The first-order chi connectivity index (χ1) is 9.69. The van der Waals surface area contributed by atoms with Crippen molar-refractivity contribution in [1.82, 2.24) is 9.97 Å². The monoisotopic (exact) mass is 267 g/mol. The summed E-state index contributed by atoms with van der Waals surface area (Å²) in [5.41, 5.74) is 11.2. The number of aromatic nitrogens is 2. The molecule has 4 nitrogen and oxygen atoms in total. The number of aromatic amines is 2. The van der Waals surface area contributed by atoms with Crippen molar-refractivity contribution in [3.63, 3.8) is 0 Å². The Morgan fingerprint density at radius 1 is 1.10 bits per heavy atom. The fourth-order valence-electron chi connectivity index (χ4n) is 2.58. The van der Waals surface area contributed by atoms with E-state index < -0.39 is 0 Å². The van der Waals surface area contributed by atoms with Gasteiger partial charge in [0.15, 0.2) is 0 Å². The van der Waals surface area contributed by atoms with Crippen molar-refractivity contribution in [3.8, 4) is 0 Å². The summed E-state index contributed by atoms with van der Waals surface area (Å²) in [4.78, 5) is 16.8. The number of rotatable bonds is 3. The Balaban J connectivity index is 2.07. The third-order valence-corrected chi connectivity index (χ3v) is 3.67. The molecular weight excluding hydrogens is 250 g/mol. The van der Waals surface area contributed by atoms with Gasteiger partial charge in [0.1, 0.15) is 0 Å². The van der Waals surface area contributed by atoms with Crippen LogP contribution in [-0.2, 0) is 6.42 Å². The third kappa shape index (κ3) is 2.14. The number of H-pyrrole nitrogens is 2. The van der Waals surface area contributed by atoms with E-state index in [1.165, 1.54) is 5.56 Å². The van der Waals surface area contributed by atoms with Crippen molar-refractivity contribution in [2.75, 3.05) is 0 Å². The molecule has 102 valence electrons. The van der Waals surface area contributed by atoms with E-state index in [1.807, 2.05) is 30.3 Å². The topological polar surface area (TPSA) is 74.7 Å². The Morgan fingerprint density at radius 2 is 1.85 bits per heavy atom. The van der Waals surface area contributed by atoms with Crippen LogP contribution < -0.4 is 11.4 Å². The van der Waals surface area contributed by atoms with Crippen molar-refractivity contribution < 1.29 is 0 Å². The van der Waals surface area contributed by atoms with Crippen LogP contribution in [0.4, 0.5) is 0 Å². The number of hydrogen-bond acceptors (Lipinski definition) is 2. The van der Waals surface area contributed by atoms with Gasteiger partial charge in [-0.2, -0.15) is 0 Å². The van der Waals surface area contributed by atoms with Gasteiger partial charge in [-0.15, -0.1) is 0 Å². The smallest absolute Gasteiger partial charge is 0.320 e. The molecule has 0 saturated carbocycles. The molecule has 0 aliphatic carbocycles. The van der Waals surface area contributed by atoms with Crippen LogP contribution in [0.25, 0.3) is 11.0 Å². The summed E-state index contributed by atoms with van der Waals surface area (Å²) in [7, 11) is 0. The molecule has 4 heteroatoms. The maximum Gasteiger partial charge on any atom is 0.323 e. The molecule has 0 spiro atoms. The fraction of sp³-hybridized carbons (Fsp3) is 0.188. The number of nitrogens with one attached hydrogen (secondary N) is 2. The SMILES string of the molecule is CCc1ccccc1C(N)c1ccc2[nH]c(=O)[nH]c2c1. The number of imidazole rings is 1. The van der Waals surface area contributed by atoms with Gasteiger partial charge < -0.3 is 15.7 Å². The van der Waals surface area contributed by atoms with Crippen LogP contribution >= 0.6 is 0 Å². The molecule has 3 aromatic rings. The summed E-state index contributed by atoms with van der Waals surface area (Å²) in [6, 6.07) is 13.8. The molecule has 0 amide bonds. The molecule has 0 aliphatic rings. The number of hydrogen-bond donors (Lipinski definition) is 3. The minimum Gasteiger partial charge on any atom is -0.320 e. The lowest BCUT2D eigenvalue weighted by atomic mass is 9.94. The lowest BCUT2D eigenvalue weighted by Gasteiger charge is -2.16. The highest BCUT2D eigenvalue weighted by Crippen LogP contribution is 2.24. The minimum absolute atomic E-state index is 0.186. The van der Waals surface area contributed by atoms with Gasteiger partial charge in [-0.05, 0) is 35.2 Å². The van der Waals surface area contributed by atoms with Crippen LogP contribution in [0.3, 0.4) is 0 Å². The zero-order valence-corrected chi connectivity index (χ0v) is 11.3. The Hall–Kier alpha value is -2.33. The Kier molecular flexibility index (Phi) is 3.16. The van der Waals surface area contributed by atoms with Crippen molar-refractivity contribution in [1.29, 1.82) is 0 Å². The normalized spacial score (nSPS) is 12.7. The summed E-state index contributed by atoms with van der Waals surface area (Å²) in [5.74, 6) is 0. The van der Waals surface area contributed by atoms with Gasteiger partial charge in [0.25, 0.3) is 0 Å². The summed E-state index contributed by atoms with van der Waals surface area (Å²) in [6.07, 6.45) is 0.951. The van der Waals surface area contributed by atoms with Crippen LogP contribution in [0.5, 0.6) is 0 Å². The van der Waals surface area contributed by atoms with Crippen LogP contribution in [0, 0.1) is 0 Å². The second kappa shape index (κ2) is 4.98. The number of aryl methyl sites for hydroxylation is 1. The van der Waals surface area contributed by atoms with Crippen LogP contribution in [0.1, 0.15) is 29.7 Å². The van der Waals surface area contributed by atoms with Gasteiger partial charge >= 0.3 is 5.69 Å². The predicted octanol–water partition coefficient (Wildman–Crippen LogP) is 2.47. The number of nitrogens with two attached hydrogens (primary N) is 1. The first kappa shape index (κ1) is 12.7. The Morgan fingerprint density at radius 3 is 2.65 bits per heavy atom. The van der Waals surface area contributed by atoms with E-state index in [4.69, 9.17) is 5.73 Å². The molecule has 0 radical (unpaired) electrons. The maximum absolute atomic E-state index is 11.3. The second-order valence-corrected chi connectivity index (χ2v) is 4.91. The van der Waals surface area contributed by atoms with E-state index >= 15 is 0 Å². The van der Waals surface area contributed by atoms with Crippen LogP contribution in [0.2, 0.25) is 0 Å². The van der Waals surface area contributed by atoms with Crippen molar-refractivity contribution in [2.24, 2.45) is 5.73 Å². The average molecular weight is 267 g/mol. The molecule has 1 aromatic heterocycles. The van der Waals surface area contributed by atoms with Crippen LogP contribution in [-0.4, -0.2) is 9.97 Å². The number of benzene rings is 2. The molecule has 0 fully saturated rings. The molecule has 3 rings (SSSR count). The van der Waals surface area contributed by atoms with Gasteiger partial charge in [-0.25, -0.2) is 4.79 Å². The second-order valence-electron chi connectivity index (χ2n) is 4.91. The Bertz CT molecular complexity index is 801. The highest BCUT2D eigenvalue weighted by molar-refractivity contribution is 5.75. The zero-order chi connectivity index (χ0) is 14.1. The highest BCUT2D eigenvalue weighted by atomic mass is 16.1. The van der Waals surface area contributed by atoms with Gasteiger partial charge in [-0.1, -0.05) is 37.3 Å². The van der Waals surface area contributed by atoms with Crippen molar-refractivity contribution in [3.05, 3.63) is 69.6 Å². The summed E-state index contributed by atoms with van der Waals surface area (Å²) < 4.78 is 0. The zero-order valence-electron chi connectivity index (χ0n) is 11.3. The van der Waals surface area contributed by atoms with E-state index in [1.54, 1.807) is 0 Å². The van der Waals surface area contributed by atoms with Crippen LogP contribution in [0.15, 0.2) is 47.3 Å². The lowest BCUT2D eigenvalue weighted by Crippen LogP contribution is -2.13. The maximum atomic E-state index is 11.3.